The fourth-order valence-corrected chi connectivity index (χ4v) is 6.10. The van der Waals surface area contributed by atoms with Crippen molar-refractivity contribution in [1.29, 1.82) is 0 Å². The molecule has 1 heterocycles. The van der Waals surface area contributed by atoms with Crippen LogP contribution in [0.1, 0.15) is 57.2 Å². The van der Waals surface area contributed by atoms with Gasteiger partial charge in [-0.1, -0.05) is 18.2 Å². The van der Waals surface area contributed by atoms with Crippen LogP contribution < -0.4 is 19.5 Å². The Morgan fingerprint density at radius 3 is 2.55 bits per heavy atom. The van der Waals surface area contributed by atoms with Crippen LogP contribution in [0.15, 0.2) is 53.4 Å². The lowest BCUT2D eigenvalue weighted by atomic mass is 9.77. The Morgan fingerprint density at radius 1 is 1.12 bits per heavy atom. The first-order valence-corrected chi connectivity index (χ1v) is 12.4. The first kappa shape index (κ1) is 23.3. The number of hydrogen-bond donors (Lipinski definition) is 2. The molecule has 33 heavy (non-hydrogen) atoms. The Morgan fingerprint density at radius 2 is 1.88 bits per heavy atom. The molecule has 2 N–H and O–H groups in total. The van der Waals surface area contributed by atoms with Crippen molar-refractivity contribution in [3.8, 4) is 11.5 Å². The van der Waals surface area contributed by atoms with Gasteiger partial charge in [0.1, 0.15) is 0 Å². The van der Waals surface area contributed by atoms with Crippen LogP contribution in [0.3, 0.4) is 0 Å². The van der Waals surface area contributed by atoms with Crippen LogP contribution in [0.2, 0.25) is 0 Å². The van der Waals surface area contributed by atoms with Gasteiger partial charge in [0.25, 0.3) is 0 Å². The highest BCUT2D eigenvalue weighted by atomic mass is 32.2. The predicted molar refractivity (Wildman–Crippen MR) is 127 cm³/mol. The Balaban J connectivity index is 1.69. The van der Waals surface area contributed by atoms with E-state index in [-0.39, 0.29) is 22.8 Å². The molecule has 0 saturated heterocycles. The van der Waals surface area contributed by atoms with Crippen molar-refractivity contribution in [3.05, 3.63) is 59.7 Å². The largest absolute Gasteiger partial charge is 0.493 e. The fraction of sp³-hybridized carbons (Fsp3) is 0.400. The Hall–Kier alpha value is -2.84. The highest BCUT2D eigenvalue weighted by molar-refractivity contribution is 7.89. The maximum absolute atomic E-state index is 12.9. The second-order valence-electron chi connectivity index (χ2n) is 9.58. The van der Waals surface area contributed by atoms with Gasteiger partial charge in [-0.25, -0.2) is 13.1 Å². The molecule has 2 aromatic carbocycles. The maximum Gasteiger partial charge on any atom is 0.308 e. The third kappa shape index (κ3) is 4.77. The van der Waals surface area contributed by atoms with E-state index in [1.807, 2.05) is 39.0 Å². The molecule has 0 spiro atoms. The van der Waals surface area contributed by atoms with Crippen LogP contribution >= 0.6 is 0 Å². The lowest BCUT2D eigenvalue weighted by Crippen LogP contribution is -2.40. The number of ether oxygens (including phenoxy) is 2. The summed E-state index contributed by atoms with van der Waals surface area (Å²) in [5, 5.41) is 3.60. The molecule has 0 amide bonds. The van der Waals surface area contributed by atoms with E-state index in [1.165, 1.54) is 6.92 Å². The number of nitrogens with one attached hydrogen (secondary N) is 2. The molecule has 0 bridgehead atoms. The number of carbonyl (C=O) groups excluding carboxylic acids is 1. The van der Waals surface area contributed by atoms with Gasteiger partial charge in [-0.05, 0) is 74.6 Å². The van der Waals surface area contributed by atoms with Crippen LogP contribution in [-0.4, -0.2) is 27.0 Å². The topological polar surface area (TPSA) is 93.7 Å². The fourth-order valence-electron chi connectivity index (χ4n) is 4.65. The van der Waals surface area contributed by atoms with Gasteiger partial charge >= 0.3 is 5.97 Å². The van der Waals surface area contributed by atoms with Gasteiger partial charge in [-0.2, -0.15) is 0 Å². The van der Waals surface area contributed by atoms with E-state index in [2.05, 4.69) is 22.2 Å². The number of esters is 1. The highest BCUT2D eigenvalue weighted by Crippen LogP contribution is 2.50. The Labute approximate surface area is 195 Å². The zero-order chi connectivity index (χ0) is 24.0. The lowest BCUT2D eigenvalue weighted by Gasteiger charge is -2.38. The summed E-state index contributed by atoms with van der Waals surface area (Å²) in [4.78, 5) is 11.7. The second kappa shape index (κ2) is 8.50. The number of benzene rings is 2. The average molecular weight is 471 g/mol. The van der Waals surface area contributed by atoms with E-state index in [1.54, 1.807) is 25.3 Å². The molecule has 0 saturated carbocycles. The van der Waals surface area contributed by atoms with Gasteiger partial charge in [0.05, 0.1) is 18.0 Å². The van der Waals surface area contributed by atoms with Crippen LogP contribution in [0, 0.1) is 5.92 Å². The van der Waals surface area contributed by atoms with E-state index in [0.29, 0.717) is 11.5 Å². The molecule has 0 fully saturated rings. The zero-order valence-corrected chi connectivity index (χ0v) is 20.3. The highest BCUT2D eigenvalue weighted by Gasteiger charge is 2.39. The molecule has 1 aliphatic heterocycles. The minimum atomic E-state index is -3.63. The minimum Gasteiger partial charge on any atom is -0.493 e. The zero-order valence-electron chi connectivity index (χ0n) is 19.5. The summed E-state index contributed by atoms with van der Waals surface area (Å²) in [6, 6.07) is 10.8. The SMILES string of the molecule is COc1cc(C2Nc3ccc(S(=O)(=O)NC(C)(C)C)cc3C3C=CCC32)ccc1OC(C)=O. The monoisotopic (exact) mass is 470 g/mol. The molecule has 2 aliphatic rings. The molecular formula is C25H30N2O5S. The van der Waals surface area contributed by atoms with Crippen LogP contribution in [-0.2, 0) is 14.8 Å². The van der Waals surface area contributed by atoms with Crippen molar-refractivity contribution in [2.75, 3.05) is 12.4 Å². The first-order chi connectivity index (χ1) is 15.5. The second-order valence-corrected chi connectivity index (χ2v) is 11.3. The molecule has 7 nitrogen and oxygen atoms in total. The summed E-state index contributed by atoms with van der Waals surface area (Å²) >= 11 is 0. The third-order valence-electron chi connectivity index (χ3n) is 5.89. The molecule has 0 radical (unpaired) electrons. The number of sulfonamides is 1. The summed E-state index contributed by atoms with van der Waals surface area (Å²) in [5.41, 5.74) is 2.33. The van der Waals surface area contributed by atoms with Crippen LogP contribution in [0.25, 0.3) is 0 Å². The Bertz CT molecular complexity index is 1210. The molecule has 3 unspecified atom stereocenters. The summed E-state index contributed by atoms with van der Waals surface area (Å²) in [5.74, 6) is 0.780. The quantitative estimate of drug-likeness (QED) is 0.379. The number of allylic oxidation sites excluding steroid dienone is 2. The molecule has 2 aromatic rings. The predicted octanol–water partition coefficient (Wildman–Crippen LogP) is 4.52. The number of fused-ring (bicyclic) bond motifs is 3. The van der Waals surface area contributed by atoms with E-state index in [4.69, 9.17) is 9.47 Å². The van der Waals surface area contributed by atoms with E-state index in [9.17, 15) is 13.2 Å². The Kier molecular flexibility index (Phi) is 6.01. The standard InChI is InChI=1S/C25H30N2O5S/c1-15(28)32-22-12-9-16(13-23(22)31-5)24-19-8-6-7-18(19)20-14-17(10-11-21(20)26-24)33(29,30)27-25(2,3)4/h6-7,9-14,18-19,24,26-27H,8H2,1-5H3. The van der Waals surface area contributed by atoms with Crippen molar-refractivity contribution >= 4 is 21.7 Å². The van der Waals surface area contributed by atoms with Gasteiger partial charge < -0.3 is 14.8 Å². The summed E-state index contributed by atoms with van der Waals surface area (Å²) < 4.78 is 39.2. The normalized spacial score (nSPS) is 21.7. The molecule has 176 valence electrons. The van der Waals surface area contributed by atoms with Crippen molar-refractivity contribution in [2.24, 2.45) is 5.92 Å². The molecule has 1 aliphatic carbocycles. The van der Waals surface area contributed by atoms with Crippen molar-refractivity contribution in [2.45, 2.75) is 56.5 Å². The molecular weight excluding hydrogens is 440 g/mol. The maximum atomic E-state index is 12.9. The molecule has 0 aromatic heterocycles. The van der Waals surface area contributed by atoms with E-state index < -0.39 is 21.5 Å². The van der Waals surface area contributed by atoms with Gasteiger partial charge in [0, 0.05) is 24.1 Å². The van der Waals surface area contributed by atoms with Gasteiger partial charge in [0.15, 0.2) is 11.5 Å². The van der Waals surface area contributed by atoms with Gasteiger partial charge in [0.2, 0.25) is 10.0 Å². The van der Waals surface area contributed by atoms with Crippen LogP contribution in [0.5, 0.6) is 11.5 Å². The van der Waals surface area contributed by atoms with Gasteiger partial charge in [-0.3, -0.25) is 4.79 Å². The first-order valence-electron chi connectivity index (χ1n) is 11.0. The molecule has 3 atom stereocenters. The summed E-state index contributed by atoms with van der Waals surface area (Å²) in [6.45, 7) is 6.83. The summed E-state index contributed by atoms with van der Waals surface area (Å²) in [6.07, 6.45) is 5.18. The van der Waals surface area contributed by atoms with Crippen molar-refractivity contribution < 1.29 is 22.7 Å². The number of carbonyl (C=O) groups is 1. The smallest absolute Gasteiger partial charge is 0.308 e. The minimum absolute atomic E-state index is 0.00654. The molecule has 4 rings (SSSR count). The van der Waals surface area contributed by atoms with Gasteiger partial charge in [-0.15, -0.1) is 0 Å². The van der Waals surface area contributed by atoms with E-state index in [0.717, 1.165) is 23.2 Å². The third-order valence-corrected chi connectivity index (χ3v) is 7.64. The molecule has 8 heteroatoms. The van der Waals surface area contributed by atoms with E-state index >= 15 is 0 Å². The summed E-state index contributed by atoms with van der Waals surface area (Å²) in [7, 11) is -2.08. The lowest BCUT2D eigenvalue weighted by molar-refractivity contribution is -0.132. The number of methoxy groups -OCH3 is 1. The van der Waals surface area contributed by atoms with Crippen molar-refractivity contribution in [1.82, 2.24) is 4.72 Å². The number of anilines is 1. The van der Waals surface area contributed by atoms with Crippen LogP contribution in [0.4, 0.5) is 5.69 Å². The average Bonchev–Trinajstić information content (AvgIpc) is 3.21. The van der Waals surface area contributed by atoms with Crippen molar-refractivity contribution in [3.63, 3.8) is 0 Å². The number of rotatable bonds is 5. The number of hydrogen-bond acceptors (Lipinski definition) is 6.